The van der Waals surface area contributed by atoms with Gasteiger partial charge in [0, 0.05) is 36.7 Å². The molecule has 0 aliphatic rings. The predicted octanol–water partition coefficient (Wildman–Crippen LogP) is 14.2. The predicted molar refractivity (Wildman–Crippen MR) is 248 cm³/mol. The van der Waals surface area contributed by atoms with Crippen molar-refractivity contribution >= 4 is 55.8 Å². The number of imidazole rings is 1. The molecule has 0 amide bonds. The van der Waals surface area contributed by atoms with Gasteiger partial charge in [0.15, 0.2) is 0 Å². The standard InChI is InChI=1S/C38H33N2S.C14H16NSi.Ir/c1-23(2)31-21-27(26-12-7-6-8-13-26)22-32(24(3)4)36(31)40-34-17-10-9-16-33(34)39-38(40)30-15-11-14-29-28-19-18-25(5)20-35(28)41-37(29)30;1-16(2,3)13-9-10-14(15-11-13)12-7-5-4-6-8-12;/h6-14,16-24H,1-5H3;4-7,9-11H,1-3H3;/q2*-1;. The van der Waals surface area contributed by atoms with Gasteiger partial charge in [-0.1, -0.05) is 125 Å². The van der Waals surface area contributed by atoms with E-state index in [2.05, 4.69) is 185 Å². The Hall–Kier alpha value is -4.97. The summed E-state index contributed by atoms with van der Waals surface area (Å²) in [5.41, 5.74) is 13.0. The van der Waals surface area contributed by atoms with E-state index in [1.54, 1.807) is 0 Å². The fraction of sp³-hybridized carbons (Fsp3) is 0.192. The molecule has 293 valence electrons. The average molecular weight is 968 g/mol. The molecule has 9 rings (SSSR count). The first-order valence-electron chi connectivity index (χ1n) is 20.0. The maximum absolute atomic E-state index is 5.32. The number of para-hydroxylation sites is 2. The second kappa shape index (κ2) is 17.1. The summed E-state index contributed by atoms with van der Waals surface area (Å²) in [5.74, 6) is 1.61. The molecule has 1 radical (unpaired) electrons. The maximum Gasteiger partial charge on any atom is 0.0795 e. The second-order valence-electron chi connectivity index (χ2n) is 16.6. The first-order chi connectivity index (χ1) is 27.5. The van der Waals surface area contributed by atoms with Crippen LogP contribution in [0.3, 0.4) is 0 Å². The monoisotopic (exact) mass is 968 g/mol. The van der Waals surface area contributed by atoms with Gasteiger partial charge in [-0.05, 0) is 97.9 Å². The summed E-state index contributed by atoms with van der Waals surface area (Å²) in [4.78, 5) is 9.84. The zero-order valence-electron chi connectivity index (χ0n) is 34.5. The topological polar surface area (TPSA) is 30.7 Å². The summed E-state index contributed by atoms with van der Waals surface area (Å²) in [6.45, 7) is 18.4. The number of aryl methyl sites for hydroxylation is 1. The van der Waals surface area contributed by atoms with Gasteiger partial charge < -0.3 is 9.55 Å². The van der Waals surface area contributed by atoms with Crippen molar-refractivity contribution in [2.24, 2.45) is 0 Å². The fourth-order valence-corrected chi connectivity index (χ4v) is 9.93. The Morgan fingerprint density at radius 3 is 2.03 bits per heavy atom. The number of hydrogen-bond donors (Lipinski definition) is 0. The van der Waals surface area contributed by atoms with Crippen LogP contribution in [0.4, 0.5) is 0 Å². The summed E-state index contributed by atoms with van der Waals surface area (Å²) in [5, 5.41) is 3.96. The Bertz CT molecular complexity index is 2800. The van der Waals surface area contributed by atoms with Gasteiger partial charge in [0.25, 0.3) is 0 Å². The third-order valence-corrected chi connectivity index (χ3v) is 13.9. The van der Waals surface area contributed by atoms with Crippen LogP contribution in [0, 0.1) is 19.1 Å². The van der Waals surface area contributed by atoms with Crippen LogP contribution >= 0.6 is 11.3 Å². The van der Waals surface area contributed by atoms with E-state index < -0.39 is 8.07 Å². The number of thiophene rings is 1. The summed E-state index contributed by atoms with van der Waals surface area (Å²) in [6.07, 6.45) is 2.02. The van der Waals surface area contributed by atoms with Crippen LogP contribution in [0.25, 0.3) is 70.7 Å². The number of rotatable bonds is 7. The quantitative estimate of drug-likeness (QED) is 0.118. The summed E-state index contributed by atoms with van der Waals surface area (Å²) >= 11 is 1.85. The van der Waals surface area contributed by atoms with E-state index in [1.165, 1.54) is 58.9 Å². The van der Waals surface area contributed by atoms with Crippen molar-refractivity contribution < 1.29 is 20.1 Å². The molecular weight excluding hydrogens is 919 g/mol. The number of fused-ring (bicyclic) bond motifs is 4. The Kier molecular flexibility index (Phi) is 12.1. The number of aromatic nitrogens is 3. The molecule has 3 aromatic heterocycles. The van der Waals surface area contributed by atoms with Gasteiger partial charge in [0.2, 0.25) is 0 Å². The van der Waals surface area contributed by atoms with Gasteiger partial charge in [-0.15, -0.1) is 54.1 Å². The number of benzene rings is 6. The molecule has 0 aliphatic heterocycles. The Morgan fingerprint density at radius 1 is 0.672 bits per heavy atom. The molecular formula is C52H49IrN3SSi-2. The molecule has 3 heterocycles. The van der Waals surface area contributed by atoms with Gasteiger partial charge in [0.1, 0.15) is 0 Å². The van der Waals surface area contributed by atoms with Crippen LogP contribution in [0.15, 0.2) is 140 Å². The van der Waals surface area contributed by atoms with Crippen LogP contribution in [0.2, 0.25) is 19.6 Å². The third kappa shape index (κ3) is 8.17. The first kappa shape index (κ1) is 41.2. The molecule has 0 atom stereocenters. The van der Waals surface area contributed by atoms with Crippen LogP contribution in [0.1, 0.15) is 56.2 Å². The zero-order chi connectivity index (χ0) is 39.8. The number of hydrogen-bond acceptors (Lipinski definition) is 3. The van der Waals surface area contributed by atoms with E-state index >= 15 is 0 Å². The minimum Gasteiger partial charge on any atom is -0.333 e. The summed E-state index contributed by atoms with van der Waals surface area (Å²) in [7, 11) is -1.23. The van der Waals surface area contributed by atoms with Crippen molar-refractivity contribution in [1.82, 2.24) is 14.5 Å². The number of nitrogens with zero attached hydrogens (tertiary/aromatic N) is 3. The molecule has 0 fully saturated rings. The molecule has 0 saturated heterocycles. The van der Waals surface area contributed by atoms with Crippen LogP contribution in [-0.2, 0) is 20.1 Å². The van der Waals surface area contributed by atoms with Gasteiger partial charge in [0.05, 0.1) is 24.9 Å². The van der Waals surface area contributed by atoms with Gasteiger partial charge in [-0.2, -0.15) is 11.3 Å². The summed E-state index contributed by atoms with van der Waals surface area (Å²) in [6, 6.07) is 54.2. The molecule has 0 saturated carbocycles. The van der Waals surface area contributed by atoms with E-state index in [9.17, 15) is 0 Å². The van der Waals surface area contributed by atoms with Crippen molar-refractivity contribution in [2.75, 3.05) is 0 Å². The molecule has 0 spiro atoms. The van der Waals surface area contributed by atoms with Crippen molar-refractivity contribution in [3.05, 3.63) is 168 Å². The van der Waals surface area contributed by atoms with Gasteiger partial charge >= 0.3 is 0 Å². The van der Waals surface area contributed by atoms with E-state index in [1.807, 2.05) is 41.8 Å². The van der Waals surface area contributed by atoms with Crippen molar-refractivity contribution in [2.45, 2.75) is 66.1 Å². The van der Waals surface area contributed by atoms with E-state index in [-0.39, 0.29) is 20.1 Å². The molecule has 0 N–H and O–H groups in total. The Balaban J connectivity index is 0.000000254. The molecule has 6 heteroatoms. The van der Waals surface area contributed by atoms with Crippen LogP contribution < -0.4 is 5.19 Å². The Labute approximate surface area is 362 Å². The zero-order valence-corrected chi connectivity index (χ0v) is 38.7. The van der Waals surface area contributed by atoms with Crippen molar-refractivity contribution in [3.8, 4) is 39.5 Å². The molecule has 3 nitrogen and oxygen atoms in total. The molecule has 6 aromatic carbocycles. The van der Waals surface area contributed by atoms with E-state index in [0.29, 0.717) is 11.8 Å². The Morgan fingerprint density at radius 2 is 1.38 bits per heavy atom. The second-order valence-corrected chi connectivity index (χ2v) is 22.7. The smallest absolute Gasteiger partial charge is 0.0795 e. The van der Waals surface area contributed by atoms with E-state index in [0.717, 1.165) is 33.7 Å². The minimum absolute atomic E-state index is 0. The molecule has 58 heavy (non-hydrogen) atoms. The average Bonchev–Trinajstić information content (AvgIpc) is 3.79. The molecule has 0 bridgehead atoms. The van der Waals surface area contributed by atoms with Crippen LogP contribution in [-0.4, -0.2) is 22.6 Å². The minimum atomic E-state index is -1.23. The maximum atomic E-state index is 5.32. The van der Waals surface area contributed by atoms with Crippen molar-refractivity contribution in [3.63, 3.8) is 0 Å². The normalized spacial score (nSPS) is 11.6. The SMILES string of the molecule is C[Si](C)(C)c1ccc(-c2[c-]cccc2)nc1.Cc1ccc2c(c1)sc1c(-c3nc4ccccc4n3-c3c(C(C)C)cc(-c4ccccc4)cc3C(C)C)[c-]ccc12.[Ir]. The largest absolute Gasteiger partial charge is 0.333 e. The van der Waals surface area contributed by atoms with Gasteiger partial charge in [-0.3, -0.25) is 4.98 Å². The molecule has 9 aromatic rings. The van der Waals surface area contributed by atoms with Crippen molar-refractivity contribution in [1.29, 1.82) is 0 Å². The van der Waals surface area contributed by atoms with Crippen LogP contribution in [0.5, 0.6) is 0 Å². The third-order valence-electron chi connectivity index (χ3n) is 10.7. The summed E-state index contributed by atoms with van der Waals surface area (Å²) < 4.78 is 4.97. The fourth-order valence-electron chi connectivity index (χ4n) is 7.60. The van der Waals surface area contributed by atoms with E-state index in [4.69, 9.17) is 4.98 Å². The number of pyridine rings is 1. The molecule has 0 unspecified atom stereocenters. The molecule has 0 aliphatic carbocycles. The van der Waals surface area contributed by atoms with Gasteiger partial charge in [-0.25, -0.2) is 0 Å². The first-order valence-corrected chi connectivity index (χ1v) is 24.3.